The number of para-hydroxylation sites is 1. The number of fused-ring (bicyclic) bond motifs is 1. The molecule has 1 fully saturated rings. The molecule has 110 valence electrons. The molecule has 3 rings (SSSR count). The standard InChI is InChI=1S/C17H25NOS/c1-2-10-18-14(11-13-6-5-7-13)16-12-20-17-9-4-3-8-15(17)19-16/h3-4,8-9,13-14,16,18H,2,5-7,10-12H2,1H3. The second-order valence-corrected chi connectivity index (χ2v) is 7.07. The Balaban J connectivity index is 1.64. The summed E-state index contributed by atoms with van der Waals surface area (Å²) >= 11 is 1.95. The first-order valence-corrected chi connectivity index (χ1v) is 8.97. The molecule has 1 aromatic carbocycles. The molecule has 0 radical (unpaired) electrons. The number of nitrogens with one attached hydrogen (secondary N) is 1. The van der Waals surface area contributed by atoms with Gasteiger partial charge in [0.2, 0.25) is 0 Å². The van der Waals surface area contributed by atoms with Crippen molar-refractivity contribution < 1.29 is 4.74 Å². The van der Waals surface area contributed by atoms with Crippen molar-refractivity contribution in [2.75, 3.05) is 12.3 Å². The van der Waals surface area contributed by atoms with Gasteiger partial charge in [0.05, 0.1) is 0 Å². The average molecular weight is 291 g/mol. The summed E-state index contributed by atoms with van der Waals surface area (Å²) in [5.74, 6) is 3.08. The van der Waals surface area contributed by atoms with Crippen molar-refractivity contribution in [3.05, 3.63) is 24.3 Å². The highest BCUT2D eigenvalue weighted by Crippen LogP contribution is 2.38. The first kappa shape index (κ1) is 14.3. The van der Waals surface area contributed by atoms with Crippen LogP contribution < -0.4 is 10.1 Å². The molecule has 0 bridgehead atoms. The van der Waals surface area contributed by atoms with Crippen LogP contribution in [-0.4, -0.2) is 24.4 Å². The minimum Gasteiger partial charge on any atom is -0.487 e. The maximum Gasteiger partial charge on any atom is 0.133 e. The van der Waals surface area contributed by atoms with E-state index >= 15 is 0 Å². The van der Waals surface area contributed by atoms with Crippen LogP contribution in [0.15, 0.2) is 29.2 Å². The summed E-state index contributed by atoms with van der Waals surface area (Å²) in [6.45, 7) is 3.34. The highest BCUT2D eigenvalue weighted by Gasteiger charge is 2.31. The van der Waals surface area contributed by atoms with Crippen molar-refractivity contribution in [1.82, 2.24) is 5.32 Å². The molecule has 1 aromatic rings. The van der Waals surface area contributed by atoms with E-state index in [9.17, 15) is 0 Å². The lowest BCUT2D eigenvalue weighted by Gasteiger charge is -2.36. The lowest BCUT2D eigenvalue weighted by atomic mass is 9.80. The number of thioether (sulfide) groups is 1. The zero-order valence-corrected chi connectivity index (χ0v) is 13.1. The fourth-order valence-corrected chi connectivity index (χ4v) is 4.10. The molecule has 0 saturated heterocycles. The van der Waals surface area contributed by atoms with Gasteiger partial charge in [0.15, 0.2) is 0 Å². The minimum atomic E-state index is 0.321. The largest absolute Gasteiger partial charge is 0.487 e. The number of hydrogen-bond donors (Lipinski definition) is 1. The second-order valence-electron chi connectivity index (χ2n) is 6.01. The van der Waals surface area contributed by atoms with E-state index in [4.69, 9.17) is 4.74 Å². The van der Waals surface area contributed by atoms with Gasteiger partial charge in [-0.05, 0) is 37.4 Å². The lowest BCUT2D eigenvalue weighted by Crippen LogP contribution is -2.47. The molecule has 2 unspecified atom stereocenters. The molecule has 3 heteroatoms. The average Bonchev–Trinajstić information content (AvgIpc) is 2.45. The summed E-state index contributed by atoms with van der Waals surface area (Å²) in [5, 5.41) is 3.73. The summed E-state index contributed by atoms with van der Waals surface area (Å²) in [4.78, 5) is 1.29. The van der Waals surface area contributed by atoms with Crippen LogP contribution in [0.5, 0.6) is 5.75 Å². The molecule has 0 spiro atoms. The number of hydrogen-bond acceptors (Lipinski definition) is 3. The molecule has 0 aromatic heterocycles. The molecule has 0 amide bonds. The van der Waals surface area contributed by atoms with Crippen LogP contribution in [0.1, 0.15) is 39.0 Å². The van der Waals surface area contributed by atoms with Crippen LogP contribution in [-0.2, 0) is 0 Å². The zero-order chi connectivity index (χ0) is 13.8. The predicted molar refractivity (Wildman–Crippen MR) is 85.6 cm³/mol. The van der Waals surface area contributed by atoms with Crippen LogP contribution in [0.25, 0.3) is 0 Å². The summed E-state index contributed by atoms with van der Waals surface area (Å²) in [5.41, 5.74) is 0. The van der Waals surface area contributed by atoms with E-state index in [1.54, 1.807) is 0 Å². The fraction of sp³-hybridized carbons (Fsp3) is 0.647. The fourth-order valence-electron chi connectivity index (χ4n) is 3.02. The first-order valence-electron chi connectivity index (χ1n) is 7.98. The van der Waals surface area contributed by atoms with Crippen molar-refractivity contribution in [2.24, 2.45) is 5.92 Å². The van der Waals surface area contributed by atoms with Crippen molar-refractivity contribution in [1.29, 1.82) is 0 Å². The van der Waals surface area contributed by atoms with Gasteiger partial charge in [0.25, 0.3) is 0 Å². The van der Waals surface area contributed by atoms with E-state index < -0.39 is 0 Å². The second kappa shape index (κ2) is 6.86. The Morgan fingerprint density at radius 2 is 2.20 bits per heavy atom. The Morgan fingerprint density at radius 3 is 2.95 bits per heavy atom. The summed E-state index contributed by atoms with van der Waals surface area (Å²) < 4.78 is 6.28. The monoisotopic (exact) mass is 291 g/mol. The Kier molecular flexibility index (Phi) is 4.90. The summed E-state index contributed by atoms with van der Waals surface area (Å²) in [6, 6.07) is 8.95. The van der Waals surface area contributed by atoms with Crippen LogP contribution in [0.2, 0.25) is 0 Å². The first-order chi connectivity index (χ1) is 9.86. The van der Waals surface area contributed by atoms with E-state index in [-0.39, 0.29) is 0 Å². The van der Waals surface area contributed by atoms with Gasteiger partial charge < -0.3 is 10.1 Å². The maximum absolute atomic E-state index is 6.28. The minimum absolute atomic E-state index is 0.321. The lowest BCUT2D eigenvalue weighted by molar-refractivity contribution is 0.134. The van der Waals surface area contributed by atoms with Crippen LogP contribution in [0.4, 0.5) is 0 Å². The van der Waals surface area contributed by atoms with Gasteiger partial charge in [-0.2, -0.15) is 0 Å². The molecular weight excluding hydrogens is 266 g/mol. The van der Waals surface area contributed by atoms with E-state index in [0.29, 0.717) is 12.1 Å². The number of ether oxygens (including phenoxy) is 1. The van der Waals surface area contributed by atoms with Gasteiger partial charge in [0, 0.05) is 16.7 Å². The van der Waals surface area contributed by atoms with E-state index in [1.807, 2.05) is 11.8 Å². The van der Waals surface area contributed by atoms with Gasteiger partial charge in [-0.1, -0.05) is 38.3 Å². The third kappa shape index (κ3) is 3.32. The van der Waals surface area contributed by atoms with Gasteiger partial charge in [-0.25, -0.2) is 0 Å². The molecular formula is C17H25NOS. The molecule has 1 saturated carbocycles. The van der Waals surface area contributed by atoms with E-state index in [2.05, 4.69) is 36.5 Å². The van der Waals surface area contributed by atoms with Gasteiger partial charge in [-0.15, -0.1) is 11.8 Å². The summed E-state index contributed by atoms with van der Waals surface area (Å²) in [6.07, 6.45) is 7.06. The van der Waals surface area contributed by atoms with Gasteiger partial charge in [0.1, 0.15) is 11.9 Å². The maximum atomic E-state index is 6.28. The molecule has 2 atom stereocenters. The third-order valence-electron chi connectivity index (χ3n) is 4.45. The van der Waals surface area contributed by atoms with Crippen molar-refractivity contribution >= 4 is 11.8 Å². The van der Waals surface area contributed by atoms with Crippen LogP contribution >= 0.6 is 11.8 Å². The third-order valence-corrected chi connectivity index (χ3v) is 5.59. The normalized spacial score (nSPS) is 23.6. The van der Waals surface area contributed by atoms with Crippen molar-refractivity contribution in [2.45, 2.75) is 56.1 Å². The summed E-state index contributed by atoms with van der Waals surface area (Å²) in [7, 11) is 0. The van der Waals surface area contributed by atoms with Crippen LogP contribution in [0.3, 0.4) is 0 Å². The molecule has 1 N–H and O–H groups in total. The molecule has 1 aliphatic carbocycles. The Bertz CT molecular complexity index is 433. The number of rotatable bonds is 6. The molecule has 1 heterocycles. The Labute approximate surface area is 126 Å². The predicted octanol–water partition coefficient (Wildman–Crippen LogP) is 4.10. The van der Waals surface area contributed by atoms with Crippen molar-refractivity contribution in [3.63, 3.8) is 0 Å². The topological polar surface area (TPSA) is 21.3 Å². The van der Waals surface area contributed by atoms with Crippen molar-refractivity contribution in [3.8, 4) is 5.75 Å². The highest BCUT2D eigenvalue weighted by atomic mass is 32.2. The highest BCUT2D eigenvalue weighted by molar-refractivity contribution is 7.99. The Hall–Kier alpha value is -0.670. The molecule has 2 aliphatic rings. The zero-order valence-electron chi connectivity index (χ0n) is 12.3. The van der Waals surface area contributed by atoms with Crippen LogP contribution in [0, 0.1) is 5.92 Å². The van der Waals surface area contributed by atoms with Gasteiger partial charge >= 0.3 is 0 Å². The molecule has 2 nitrogen and oxygen atoms in total. The Morgan fingerprint density at radius 1 is 1.35 bits per heavy atom. The SMILES string of the molecule is CCCNC(CC1CCC1)C1CSc2ccccc2O1. The smallest absolute Gasteiger partial charge is 0.133 e. The molecule has 1 aliphatic heterocycles. The quantitative estimate of drug-likeness (QED) is 0.852. The van der Waals surface area contributed by atoms with E-state index in [0.717, 1.165) is 24.0 Å². The molecule has 20 heavy (non-hydrogen) atoms. The number of benzene rings is 1. The van der Waals surface area contributed by atoms with Gasteiger partial charge in [-0.3, -0.25) is 0 Å². The van der Waals surface area contributed by atoms with E-state index in [1.165, 1.54) is 37.0 Å².